The monoisotopic (exact) mass is 538 g/mol. The number of rotatable bonds is 14. The van der Waals surface area contributed by atoms with E-state index in [4.69, 9.17) is 4.74 Å². The summed E-state index contributed by atoms with van der Waals surface area (Å²) in [4.78, 5) is 14.5. The van der Waals surface area contributed by atoms with Crippen molar-refractivity contribution < 1.29 is 19.7 Å². The molecular formula is C31H46N4O4. The van der Waals surface area contributed by atoms with Crippen LogP contribution in [-0.4, -0.2) is 72.6 Å². The van der Waals surface area contributed by atoms with E-state index < -0.39 is 6.10 Å². The molecule has 0 bridgehead atoms. The summed E-state index contributed by atoms with van der Waals surface area (Å²) >= 11 is 0. The number of urea groups is 1. The van der Waals surface area contributed by atoms with Crippen molar-refractivity contribution in [1.82, 2.24) is 15.5 Å². The molecule has 5 N–H and O–H groups in total. The largest absolute Gasteiger partial charge is 0.508 e. The lowest BCUT2D eigenvalue weighted by molar-refractivity contribution is 0.106. The SMILES string of the molecule is O=C(NCCCC1CCCC1)N1CCC(Nc2ccc(CCNC[C@H](O)COc3ccc(O)cc3)cc2)CC1. The summed E-state index contributed by atoms with van der Waals surface area (Å²) in [5, 5.41) is 29.5. The van der Waals surface area contributed by atoms with Gasteiger partial charge in [-0.2, -0.15) is 0 Å². The average molecular weight is 539 g/mol. The van der Waals surface area contributed by atoms with Gasteiger partial charge in [0.25, 0.3) is 0 Å². The third-order valence-corrected chi connectivity index (χ3v) is 7.90. The molecule has 4 rings (SSSR count). The molecule has 0 radical (unpaired) electrons. The van der Waals surface area contributed by atoms with Crippen LogP contribution in [0.25, 0.3) is 0 Å². The second kappa shape index (κ2) is 15.6. The van der Waals surface area contributed by atoms with Crippen LogP contribution < -0.4 is 20.7 Å². The Labute approximate surface area is 233 Å². The van der Waals surface area contributed by atoms with E-state index in [1.165, 1.54) is 37.7 Å². The van der Waals surface area contributed by atoms with Gasteiger partial charge in [0.15, 0.2) is 0 Å². The van der Waals surface area contributed by atoms with Gasteiger partial charge in [-0.3, -0.25) is 0 Å². The van der Waals surface area contributed by atoms with E-state index >= 15 is 0 Å². The number of ether oxygens (including phenoxy) is 1. The van der Waals surface area contributed by atoms with Crippen LogP contribution in [0.2, 0.25) is 0 Å². The standard InChI is InChI=1S/C31H46N4O4/c36-28-11-13-30(14-12-28)39-23-29(37)22-32-19-15-25-7-9-26(10-8-25)34-27-16-20-35(21-17-27)31(38)33-18-3-6-24-4-1-2-5-24/h7-14,24,27,29,32,34,36-37H,1-6,15-23H2,(H,33,38)/t29-/m0/s1. The minimum absolute atomic E-state index is 0.0928. The molecular weight excluding hydrogens is 492 g/mol. The highest BCUT2D eigenvalue weighted by atomic mass is 16.5. The van der Waals surface area contributed by atoms with Gasteiger partial charge in [-0.1, -0.05) is 37.8 Å². The Kier molecular flexibility index (Phi) is 11.6. The smallest absolute Gasteiger partial charge is 0.317 e. The first kappa shape index (κ1) is 29.0. The third kappa shape index (κ3) is 10.3. The summed E-state index contributed by atoms with van der Waals surface area (Å²) in [6.07, 6.45) is 10.1. The van der Waals surface area contributed by atoms with E-state index in [1.807, 2.05) is 4.90 Å². The quantitative estimate of drug-likeness (QED) is 0.227. The highest BCUT2D eigenvalue weighted by Gasteiger charge is 2.22. The molecule has 0 unspecified atom stereocenters. The first-order chi connectivity index (χ1) is 19.0. The summed E-state index contributed by atoms with van der Waals surface area (Å²) in [5.41, 5.74) is 2.35. The number of carbonyl (C=O) groups excluding carboxylic acids is 1. The zero-order valence-corrected chi connectivity index (χ0v) is 23.1. The van der Waals surface area contributed by atoms with Gasteiger partial charge in [-0.25, -0.2) is 4.79 Å². The summed E-state index contributed by atoms with van der Waals surface area (Å²) < 4.78 is 5.54. The molecule has 214 valence electrons. The fraction of sp³-hybridized carbons (Fsp3) is 0.581. The summed E-state index contributed by atoms with van der Waals surface area (Å²) in [6.45, 7) is 3.80. The molecule has 2 amide bonds. The average Bonchev–Trinajstić information content (AvgIpc) is 3.48. The number of phenols is 1. The van der Waals surface area contributed by atoms with Crippen LogP contribution >= 0.6 is 0 Å². The molecule has 1 heterocycles. The first-order valence-corrected chi connectivity index (χ1v) is 14.7. The van der Waals surface area contributed by atoms with Crippen LogP contribution in [0, 0.1) is 5.92 Å². The summed E-state index contributed by atoms with van der Waals surface area (Å²) in [6, 6.07) is 15.5. The third-order valence-electron chi connectivity index (χ3n) is 7.90. The molecule has 8 heteroatoms. The van der Waals surface area contributed by atoms with Crippen LogP contribution in [0.4, 0.5) is 10.5 Å². The lowest BCUT2D eigenvalue weighted by Crippen LogP contribution is -2.47. The van der Waals surface area contributed by atoms with Crippen molar-refractivity contribution >= 4 is 11.7 Å². The Bertz CT molecular complexity index is 971. The number of nitrogens with zero attached hydrogens (tertiary/aromatic N) is 1. The van der Waals surface area contributed by atoms with Gasteiger partial charge in [0.1, 0.15) is 24.2 Å². The number of anilines is 1. The maximum absolute atomic E-state index is 12.5. The molecule has 0 aromatic heterocycles. The number of benzene rings is 2. The van der Waals surface area contributed by atoms with Crippen LogP contribution in [-0.2, 0) is 6.42 Å². The zero-order chi connectivity index (χ0) is 27.3. The minimum atomic E-state index is -0.607. The predicted molar refractivity (Wildman–Crippen MR) is 155 cm³/mol. The Morgan fingerprint density at radius 1 is 0.974 bits per heavy atom. The molecule has 1 aliphatic carbocycles. The number of hydrogen-bond donors (Lipinski definition) is 5. The number of aliphatic hydroxyl groups excluding tert-OH is 1. The molecule has 8 nitrogen and oxygen atoms in total. The molecule has 2 aromatic carbocycles. The Morgan fingerprint density at radius 3 is 2.41 bits per heavy atom. The van der Waals surface area contributed by atoms with Crippen LogP contribution in [0.15, 0.2) is 48.5 Å². The van der Waals surface area contributed by atoms with E-state index in [2.05, 4.69) is 40.2 Å². The molecule has 2 fully saturated rings. The molecule has 1 atom stereocenters. The van der Waals surface area contributed by atoms with Gasteiger partial charge in [0, 0.05) is 37.9 Å². The number of carbonyl (C=O) groups is 1. The van der Waals surface area contributed by atoms with E-state index in [-0.39, 0.29) is 18.4 Å². The maximum Gasteiger partial charge on any atom is 0.317 e. The Morgan fingerprint density at radius 2 is 1.69 bits per heavy atom. The predicted octanol–water partition coefficient (Wildman–Crippen LogP) is 4.52. The second-order valence-electron chi connectivity index (χ2n) is 11.0. The van der Waals surface area contributed by atoms with Gasteiger partial charge in [0.05, 0.1) is 0 Å². The molecule has 1 aliphatic heterocycles. The minimum Gasteiger partial charge on any atom is -0.508 e. The molecule has 2 aliphatic rings. The number of amides is 2. The maximum atomic E-state index is 12.5. The van der Waals surface area contributed by atoms with Crippen LogP contribution in [0.3, 0.4) is 0 Å². The van der Waals surface area contributed by atoms with Gasteiger partial charge in [0.2, 0.25) is 0 Å². The van der Waals surface area contributed by atoms with E-state index in [0.717, 1.165) is 63.5 Å². The second-order valence-corrected chi connectivity index (χ2v) is 11.0. The Hall–Kier alpha value is -2.97. The van der Waals surface area contributed by atoms with Gasteiger partial charge in [-0.15, -0.1) is 0 Å². The van der Waals surface area contributed by atoms with Crippen molar-refractivity contribution in [3.8, 4) is 11.5 Å². The first-order valence-electron chi connectivity index (χ1n) is 14.7. The number of piperidine rings is 1. The topological polar surface area (TPSA) is 106 Å². The Balaban J connectivity index is 1.04. The number of aromatic hydroxyl groups is 1. The van der Waals surface area contributed by atoms with E-state index in [9.17, 15) is 15.0 Å². The van der Waals surface area contributed by atoms with Crippen LogP contribution in [0.1, 0.15) is 56.9 Å². The summed E-state index contributed by atoms with van der Waals surface area (Å²) in [5.74, 6) is 1.70. The zero-order valence-electron chi connectivity index (χ0n) is 23.1. The van der Waals surface area contributed by atoms with Crippen LogP contribution in [0.5, 0.6) is 11.5 Å². The molecule has 1 saturated carbocycles. The van der Waals surface area contributed by atoms with Gasteiger partial charge in [-0.05, 0) is 86.5 Å². The number of likely N-dealkylation sites (tertiary alicyclic amines) is 1. The lowest BCUT2D eigenvalue weighted by Gasteiger charge is -2.33. The number of nitrogens with one attached hydrogen (secondary N) is 3. The number of aliphatic hydroxyl groups is 1. The van der Waals surface area contributed by atoms with E-state index in [1.54, 1.807) is 24.3 Å². The molecule has 39 heavy (non-hydrogen) atoms. The molecule has 0 spiro atoms. The molecule has 2 aromatic rings. The highest BCUT2D eigenvalue weighted by Crippen LogP contribution is 2.28. The van der Waals surface area contributed by atoms with E-state index in [0.29, 0.717) is 18.3 Å². The van der Waals surface area contributed by atoms with Crippen molar-refractivity contribution in [2.75, 3.05) is 44.6 Å². The lowest BCUT2D eigenvalue weighted by atomic mass is 10.0. The fourth-order valence-corrected chi connectivity index (χ4v) is 5.52. The van der Waals surface area contributed by atoms with Crippen molar-refractivity contribution in [1.29, 1.82) is 0 Å². The molecule has 1 saturated heterocycles. The number of hydrogen-bond acceptors (Lipinski definition) is 6. The highest BCUT2D eigenvalue weighted by molar-refractivity contribution is 5.74. The normalized spacial score (nSPS) is 17.2. The van der Waals surface area contributed by atoms with Crippen molar-refractivity contribution in [2.45, 2.75) is 69.9 Å². The van der Waals surface area contributed by atoms with Gasteiger partial charge >= 0.3 is 6.03 Å². The van der Waals surface area contributed by atoms with Crippen molar-refractivity contribution in [3.63, 3.8) is 0 Å². The van der Waals surface area contributed by atoms with Crippen molar-refractivity contribution in [2.24, 2.45) is 5.92 Å². The van der Waals surface area contributed by atoms with Crippen molar-refractivity contribution in [3.05, 3.63) is 54.1 Å². The fourth-order valence-electron chi connectivity index (χ4n) is 5.52. The summed E-state index contributed by atoms with van der Waals surface area (Å²) in [7, 11) is 0. The van der Waals surface area contributed by atoms with Gasteiger partial charge < -0.3 is 35.8 Å². The number of phenolic OH excluding ortho intramolecular Hbond substituents is 1.